The fraction of sp³-hybridized carbons (Fsp3) is 0.538. The first-order valence-electron chi connectivity index (χ1n) is 6.14. The Labute approximate surface area is 120 Å². The Hall–Kier alpha value is -0.620. The minimum Gasteiger partial charge on any atom is -0.383 e. The summed E-state index contributed by atoms with van der Waals surface area (Å²) in [7, 11) is -1.67. The molecule has 0 amide bonds. The molecule has 0 saturated heterocycles. The Kier molecular flexibility index (Phi) is 6.79. The van der Waals surface area contributed by atoms with Crippen molar-refractivity contribution in [1.82, 2.24) is 5.32 Å². The van der Waals surface area contributed by atoms with E-state index >= 15 is 0 Å². The lowest BCUT2D eigenvalue weighted by molar-refractivity contribution is 0.174. The quantitative estimate of drug-likeness (QED) is 0.797. The highest BCUT2D eigenvalue weighted by Gasteiger charge is 2.20. The predicted octanol–water partition coefficient (Wildman–Crippen LogP) is 1.88. The highest BCUT2D eigenvalue weighted by Crippen LogP contribution is 2.18. The van der Waals surface area contributed by atoms with Crippen molar-refractivity contribution in [2.75, 3.05) is 26.0 Å². The molecule has 0 aliphatic carbocycles. The van der Waals surface area contributed by atoms with Crippen molar-refractivity contribution in [3.05, 3.63) is 34.9 Å². The van der Waals surface area contributed by atoms with Crippen LogP contribution in [0.2, 0.25) is 5.02 Å². The van der Waals surface area contributed by atoms with E-state index < -0.39 is 9.84 Å². The van der Waals surface area contributed by atoms with Crippen molar-refractivity contribution in [1.29, 1.82) is 0 Å². The third kappa shape index (κ3) is 5.91. The lowest BCUT2D eigenvalue weighted by Crippen LogP contribution is -2.39. The molecule has 1 unspecified atom stereocenters. The SMILES string of the molecule is CCNC(COC)CS(=O)(=O)Cc1ccccc1Cl. The second-order valence-electron chi connectivity index (χ2n) is 4.36. The van der Waals surface area contributed by atoms with Gasteiger partial charge in [0, 0.05) is 18.2 Å². The van der Waals surface area contributed by atoms with Crippen molar-refractivity contribution >= 4 is 21.4 Å². The summed E-state index contributed by atoms with van der Waals surface area (Å²) >= 11 is 5.98. The number of likely N-dealkylation sites (N-methyl/N-ethyl adjacent to an activating group) is 1. The number of ether oxygens (including phenoxy) is 1. The molecule has 1 atom stereocenters. The number of nitrogens with one attached hydrogen (secondary N) is 1. The van der Waals surface area contributed by atoms with Crippen LogP contribution in [0.4, 0.5) is 0 Å². The molecule has 0 spiro atoms. The van der Waals surface area contributed by atoms with Gasteiger partial charge in [0.25, 0.3) is 0 Å². The molecule has 0 heterocycles. The second-order valence-corrected chi connectivity index (χ2v) is 6.87. The van der Waals surface area contributed by atoms with Gasteiger partial charge in [-0.2, -0.15) is 0 Å². The number of benzene rings is 1. The molecule has 19 heavy (non-hydrogen) atoms. The van der Waals surface area contributed by atoms with E-state index in [9.17, 15) is 8.42 Å². The van der Waals surface area contributed by atoms with Gasteiger partial charge in [0.1, 0.15) is 0 Å². The fourth-order valence-electron chi connectivity index (χ4n) is 1.87. The number of hydrogen-bond donors (Lipinski definition) is 1. The Balaban J connectivity index is 2.72. The minimum absolute atomic E-state index is 0.0416. The van der Waals surface area contributed by atoms with E-state index in [0.717, 1.165) is 0 Å². The van der Waals surface area contributed by atoms with Crippen LogP contribution in [0.1, 0.15) is 12.5 Å². The molecule has 0 bridgehead atoms. The Bertz CT molecular complexity index is 484. The van der Waals surface area contributed by atoms with E-state index in [4.69, 9.17) is 16.3 Å². The first-order valence-corrected chi connectivity index (χ1v) is 8.34. The summed E-state index contributed by atoms with van der Waals surface area (Å²) in [6, 6.07) is 6.81. The number of methoxy groups -OCH3 is 1. The largest absolute Gasteiger partial charge is 0.383 e. The van der Waals surface area contributed by atoms with Gasteiger partial charge in [0.2, 0.25) is 0 Å². The fourth-order valence-corrected chi connectivity index (χ4v) is 3.83. The van der Waals surface area contributed by atoms with E-state index in [-0.39, 0.29) is 17.5 Å². The first-order chi connectivity index (χ1) is 8.98. The van der Waals surface area contributed by atoms with Gasteiger partial charge in [-0.1, -0.05) is 36.7 Å². The molecular weight excluding hydrogens is 286 g/mol. The molecule has 0 aliphatic rings. The zero-order valence-corrected chi connectivity index (χ0v) is 12.8. The van der Waals surface area contributed by atoms with Crippen molar-refractivity contribution in [2.45, 2.75) is 18.7 Å². The molecular formula is C13H20ClNO3S. The summed E-state index contributed by atoms with van der Waals surface area (Å²) in [6.07, 6.45) is 0. The van der Waals surface area contributed by atoms with E-state index in [1.54, 1.807) is 31.4 Å². The van der Waals surface area contributed by atoms with E-state index in [1.165, 1.54) is 0 Å². The minimum atomic E-state index is -3.23. The third-order valence-electron chi connectivity index (χ3n) is 2.65. The third-order valence-corrected chi connectivity index (χ3v) is 4.68. The molecule has 1 aromatic rings. The number of sulfone groups is 1. The van der Waals surface area contributed by atoms with Gasteiger partial charge in [-0.25, -0.2) is 8.42 Å². The highest BCUT2D eigenvalue weighted by atomic mass is 35.5. The van der Waals surface area contributed by atoms with Crippen LogP contribution in [0.5, 0.6) is 0 Å². The van der Waals surface area contributed by atoms with E-state index in [2.05, 4.69) is 5.32 Å². The molecule has 6 heteroatoms. The van der Waals surface area contributed by atoms with Crippen LogP contribution in [0, 0.1) is 0 Å². The van der Waals surface area contributed by atoms with Gasteiger partial charge in [-0.3, -0.25) is 0 Å². The van der Waals surface area contributed by atoms with E-state index in [1.807, 2.05) is 6.92 Å². The molecule has 1 aromatic carbocycles. The van der Waals surface area contributed by atoms with Gasteiger partial charge in [0.15, 0.2) is 9.84 Å². The first kappa shape index (κ1) is 16.4. The van der Waals surface area contributed by atoms with Gasteiger partial charge in [-0.15, -0.1) is 0 Å². The summed E-state index contributed by atoms with van der Waals surface area (Å²) in [6.45, 7) is 3.01. The second kappa shape index (κ2) is 7.85. The van der Waals surface area contributed by atoms with Crippen LogP contribution in [0.25, 0.3) is 0 Å². The van der Waals surface area contributed by atoms with Gasteiger partial charge in [-0.05, 0) is 18.2 Å². The van der Waals surface area contributed by atoms with Crippen LogP contribution < -0.4 is 5.32 Å². The molecule has 1 rings (SSSR count). The molecule has 0 radical (unpaired) electrons. The summed E-state index contributed by atoms with van der Waals surface area (Å²) in [5, 5.41) is 3.59. The van der Waals surface area contributed by atoms with Crippen LogP contribution in [0.3, 0.4) is 0 Å². The van der Waals surface area contributed by atoms with Gasteiger partial charge < -0.3 is 10.1 Å². The standard InChI is InChI=1S/C13H20ClNO3S/c1-3-15-12(8-18-2)10-19(16,17)9-11-6-4-5-7-13(11)14/h4-7,12,15H,3,8-10H2,1-2H3. The highest BCUT2D eigenvalue weighted by molar-refractivity contribution is 7.90. The smallest absolute Gasteiger partial charge is 0.156 e. The van der Waals surface area contributed by atoms with Crippen LogP contribution >= 0.6 is 11.6 Å². The van der Waals surface area contributed by atoms with Gasteiger partial charge in [0.05, 0.1) is 18.1 Å². The molecule has 0 aromatic heterocycles. The molecule has 108 valence electrons. The number of rotatable bonds is 8. The average molecular weight is 306 g/mol. The number of halogens is 1. The van der Waals surface area contributed by atoms with Crippen LogP contribution in [0.15, 0.2) is 24.3 Å². The Morgan fingerprint density at radius 3 is 2.63 bits per heavy atom. The monoisotopic (exact) mass is 305 g/mol. The zero-order chi connectivity index (χ0) is 14.3. The zero-order valence-electron chi connectivity index (χ0n) is 11.2. The van der Waals surface area contributed by atoms with Crippen LogP contribution in [-0.4, -0.2) is 40.5 Å². The number of hydrogen-bond acceptors (Lipinski definition) is 4. The lowest BCUT2D eigenvalue weighted by Gasteiger charge is -2.17. The van der Waals surface area contributed by atoms with Crippen molar-refractivity contribution in [2.24, 2.45) is 0 Å². The maximum absolute atomic E-state index is 12.2. The lowest BCUT2D eigenvalue weighted by atomic mass is 10.2. The van der Waals surface area contributed by atoms with Crippen molar-refractivity contribution < 1.29 is 13.2 Å². The maximum atomic E-state index is 12.2. The Morgan fingerprint density at radius 1 is 1.37 bits per heavy atom. The van der Waals surface area contributed by atoms with Crippen molar-refractivity contribution in [3.8, 4) is 0 Å². The van der Waals surface area contributed by atoms with Crippen LogP contribution in [-0.2, 0) is 20.3 Å². The summed E-state index contributed by atoms with van der Waals surface area (Å²) in [5.74, 6) is -0.00180. The summed E-state index contributed by atoms with van der Waals surface area (Å²) < 4.78 is 29.3. The molecule has 1 N–H and O–H groups in total. The Morgan fingerprint density at radius 2 is 2.05 bits per heavy atom. The molecule has 0 aliphatic heterocycles. The van der Waals surface area contributed by atoms with E-state index in [0.29, 0.717) is 23.7 Å². The summed E-state index contributed by atoms with van der Waals surface area (Å²) in [4.78, 5) is 0. The molecule has 0 fully saturated rings. The maximum Gasteiger partial charge on any atom is 0.156 e. The predicted molar refractivity (Wildman–Crippen MR) is 78.3 cm³/mol. The molecule has 0 saturated carbocycles. The topological polar surface area (TPSA) is 55.4 Å². The van der Waals surface area contributed by atoms with Gasteiger partial charge >= 0.3 is 0 Å². The normalized spacial score (nSPS) is 13.4. The summed E-state index contributed by atoms with van der Waals surface area (Å²) in [5.41, 5.74) is 0.636. The van der Waals surface area contributed by atoms with Crippen molar-refractivity contribution in [3.63, 3.8) is 0 Å². The average Bonchev–Trinajstić information content (AvgIpc) is 2.32. The molecule has 4 nitrogen and oxygen atoms in total.